The summed E-state index contributed by atoms with van der Waals surface area (Å²) in [7, 11) is 0. The van der Waals surface area contributed by atoms with E-state index in [-0.39, 0.29) is 30.2 Å². The van der Waals surface area contributed by atoms with Crippen LogP contribution >= 0.6 is 36.2 Å². The second-order valence-corrected chi connectivity index (χ2v) is 7.48. The largest absolute Gasteiger partial charge is 0.327 e. The van der Waals surface area contributed by atoms with Crippen molar-refractivity contribution in [1.29, 1.82) is 0 Å². The number of piperidine rings is 1. The van der Waals surface area contributed by atoms with Crippen molar-refractivity contribution in [3.8, 4) is 0 Å². The highest BCUT2D eigenvalue weighted by atomic mass is 35.5. The van der Waals surface area contributed by atoms with Crippen LogP contribution in [0.25, 0.3) is 0 Å². The van der Waals surface area contributed by atoms with Gasteiger partial charge in [0.15, 0.2) is 0 Å². The third-order valence-electron chi connectivity index (χ3n) is 3.73. The van der Waals surface area contributed by atoms with Gasteiger partial charge in [-0.2, -0.15) is 0 Å². The van der Waals surface area contributed by atoms with E-state index in [2.05, 4.69) is 38.0 Å². The predicted octanol–water partition coefficient (Wildman–Crippen LogP) is 3.45. The fourth-order valence-electron chi connectivity index (χ4n) is 2.31. The molecule has 2 heterocycles. The van der Waals surface area contributed by atoms with Crippen LogP contribution in [0.5, 0.6) is 0 Å². The lowest BCUT2D eigenvalue weighted by atomic mass is 9.93. The average molecular weight is 340 g/mol. The highest BCUT2D eigenvalue weighted by Crippen LogP contribution is 2.25. The Morgan fingerprint density at radius 1 is 1.40 bits per heavy atom. The predicted molar refractivity (Wildman–Crippen MR) is 92.3 cm³/mol. The summed E-state index contributed by atoms with van der Waals surface area (Å²) in [6, 6.07) is 0.377. The Balaban J connectivity index is 0.00000180. The van der Waals surface area contributed by atoms with Gasteiger partial charge in [-0.1, -0.05) is 27.7 Å². The van der Waals surface area contributed by atoms with Gasteiger partial charge in [0.2, 0.25) is 0 Å². The summed E-state index contributed by atoms with van der Waals surface area (Å²) in [5.74, 6) is 0.598. The Kier molecular flexibility index (Phi) is 8.00. The molecule has 3 nitrogen and oxygen atoms in total. The molecule has 1 aromatic rings. The summed E-state index contributed by atoms with van der Waals surface area (Å²) in [4.78, 5) is 7.25. The average Bonchev–Trinajstić information content (AvgIpc) is 2.72. The van der Waals surface area contributed by atoms with Gasteiger partial charge < -0.3 is 5.73 Å². The van der Waals surface area contributed by atoms with Crippen LogP contribution in [0, 0.1) is 5.92 Å². The molecule has 2 N–H and O–H groups in total. The first kappa shape index (κ1) is 20.1. The monoisotopic (exact) mass is 339 g/mol. The van der Waals surface area contributed by atoms with Crippen molar-refractivity contribution in [3.05, 3.63) is 16.1 Å². The van der Waals surface area contributed by atoms with E-state index < -0.39 is 0 Å². The molecule has 0 amide bonds. The fourth-order valence-corrected chi connectivity index (χ4v) is 3.38. The van der Waals surface area contributed by atoms with E-state index >= 15 is 0 Å². The topological polar surface area (TPSA) is 42.2 Å². The second kappa shape index (κ2) is 7.95. The van der Waals surface area contributed by atoms with Crippen molar-refractivity contribution < 1.29 is 0 Å². The number of halogens is 2. The van der Waals surface area contributed by atoms with Gasteiger partial charge in [0.1, 0.15) is 5.01 Å². The van der Waals surface area contributed by atoms with Crippen LogP contribution < -0.4 is 5.73 Å². The fraction of sp³-hybridized carbons (Fsp3) is 0.786. The summed E-state index contributed by atoms with van der Waals surface area (Å²) in [5.41, 5.74) is 7.43. The Morgan fingerprint density at radius 2 is 2.05 bits per heavy atom. The van der Waals surface area contributed by atoms with E-state index in [9.17, 15) is 0 Å². The third-order valence-corrected chi connectivity index (χ3v) is 4.57. The smallest absolute Gasteiger partial charge is 0.107 e. The van der Waals surface area contributed by atoms with E-state index in [1.54, 1.807) is 11.3 Å². The summed E-state index contributed by atoms with van der Waals surface area (Å²) >= 11 is 1.79. The molecule has 0 radical (unpaired) electrons. The Labute approximate surface area is 139 Å². The first-order chi connectivity index (χ1) is 8.36. The molecule has 118 valence electrons. The zero-order valence-electron chi connectivity index (χ0n) is 12.8. The molecule has 0 aliphatic carbocycles. The first-order valence-electron chi connectivity index (χ1n) is 6.79. The van der Waals surface area contributed by atoms with Gasteiger partial charge in [-0.15, -0.1) is 36.2 Å². The molecule has 1 saturated heterocycles. The maximum atomic E-state index is 6.06. The molecule has 0 saturated carbocycles. The quantitative estimate of drug-likeness (QED) is 0.897. The van der Waals surface area contributed by atoms with Crippen molar-refractivity contribution in [3.63, 3.8) is 0 Å². The molecule has 1 aromatic heterocycles. The number of hydrogen-bond acceptors (Lipinski definition) is 4. The van der Waals surface area contributed by atoms with Crippen molar-refractivity contribution >= 4 is 36.2 Å². The lowest BCUT2D eigenvalue weighted by Crippen LogP contribution is -2.45. The van der Waals surface area contributed by atoms with Crippen molar-refractivity contribution in [2.24, 2.45) is 11.7 Å². The van der Waals surface area contributed by atoms with Gasteiger partial charge in [-0.25, -0.2) is 4.98 Å². The molecule has 1 aliphatic heterocycles. The summed E-state index contributed by atoms with van der Waals surface area (Å²) < 4.78 is 0. The summed E-state index contributed by atoms with van der Waals surface area (Å²) in [6.45, 7) is 12.1. The number of nitrogens with two attached hydrogens (primary N) is 1. The number of likely N-dealkylation sites (tertiary alicyclic amines) is 1. The van der Waals surface area contributed by atoms with Crippen LogP contribution in [-0.4, -0.2) is 29.0 Å². The Bertz CT molecular complexity index is 403. The van der Waals surface area contributed by atoms with Crippen LogP contribution in [0.15, 0.2) is 5.38 Å². The molecule has 2 rings (SSSR count). The minimum Gasteiger partial charge on any atom is -0.327 e. The highest BCUT2D eigenvalue weighted by molar-refractivity contribution is 7.09. The van der Waals surface area contributed by atoms with Crippen LogP contribution in [0.1, 0.15) is 44.8 Å². The molecule has 20 heavy (non-hydrogen) atoms. The molecule has 1 fully saturated rings. The Morgan fingerprint density at radius 3 is 2.55 bits per heavy atom. The zero-order valence-corrected chi connectivity index (χ0v) is 15.2. The molecule has 1 aliphatic rings. The number of thiazole rings is 1. The second-order valence-electron chi connectivity index (χ2n) is 6.54. The lowest BCUT2D eigenvalue weighted by Gasteiger charge is -2.34. The SMILES string of the molecule is CC1CN(Cc2nc(C(C)(C)C)cs2)CCC1N.Cl.Cl. The number of aromatic nitrogens is 1. The Hall–Kier alpha value is 0.130. The van der Waals surface area contributed by atoms with E-state index in [1.807, 2.05) is 0 Å². The normalized spacial score (nSPS) is 23.9. The van der Waals surface area contributed by atoms with Gasteiger partial charge >= 0.3 is 0 Å². The van der Waals surface area contributed by atoms with Crippen molar-refractivity contribution in [1.82, 2.24) is 9.88 Å². The van der Waals surface area contributed by atoms with E-state index in [4.69, 9.17) is 10.7 Å². The molecule has 2 unspecified atom stereocenters. The molecule has 0 bridgehead atoms. The van der Waals surface area contributed by atoms with Gasteiger partial charge in [0.05, 0.1) is 12.2 Å². The maximum absolute atomic E-state index is 6.06. The summed E-state index contributed by atoms with van der Waals surface area (Å²) in [6.07, 6.45) is 1.11. The van der Waals surface area contributed by atoms with Crippen LogP contribution in [0.2, 0.25) is 0 Å². The summed E-state index contributed by atoms with van der Waals surface area (Å²) in [5, 5.41) is 3.44. The molecular formula is C14H27Cl2N3S. The molecule has 0 aromatic carbocycles. The van der Waals surface area contributed by atoms with E-state index in [1.165, 1.54) is 10.7 Å². The maximum Gasteiger partial charge on any atom is 0.107 e. The van der Waals surface area contributed by atoms with E-state index in [0.717, 1.165) is 26.1 Å². The molecular weight excluding hydrogens is 313 g/mol. The minimum atomic E-state index is 0. The van der Waals surface area contributed by atoms with Crippen LogP contribution in [0.3, 0.4) is 0 Å². The van der Waals surface area contributed by atoms with Gasteiger partial charge in [-0.3, -0.25) is 4.90 Å². The van der Waals surface area contributed by atoms with Crippen LogP contribution in [-0.2, 0) is 12.0 Å². The number of hydrogen-bond donors (Lipinski definition) is 1. The number of rotatable bonds is 2. The van der Waals surface area contributed by atoms with Crippen molar-refractivity contribution in [2.75, 3.05) is 13.1 Å². The third kappa shape index (κ3) is 5.15. The van der Waals surface area contributed by atoms with Gasteiger partial charge in [0, 0.05) is 29.9 Å². The first-order valence-corrected chi connectivity index (χ1v) is 7.67. The van der Waals surface area contributed by atoms with E-state index in [0.29, 0.717) is 12.0 Å². The van der Waals surface area contributed by atoms with Gasteiger partial charge in [0.25, 0.3) is 0 Å². The zero-order chi connectivity index (χ0) is 13.3. The number of nitrogens with zero attached hydrogens (tertiary/aromatic N) is 2. The minimum absolute atomic E-state index is 0. The molecule has 2 atom stereocenters. The lowest BCUT2D eigenvalue weighted by molar-refractivity contribution is 0.157. The van der Waals surface area contributed by atoms with Gasteiger partial charge in [-0.05, 0) is 12.3 Å². The standard InChI is InChI=1S/C14H25N3S.2ClH/c1-10-7-17(6-5-11(10)15)8-13-16-12(9-18-13)14(2,3)4;;/h9-11H,5-8,15H2,1-4H3;2*1H. The molecule has 0 spiro atoms. The highest BCUT2D eigenvalue weighted by Gasteiger charge is 2.24. The van der Waals surface area contributed by atoms with Crippen LogP contribution in [0.4, 0.5) is 0 Å². The molecule has 6 heteroatoms. The van der Waals surface area contributed by atoms with Crippen molar-refractivity contribution in [2.45, 2.75) is 52.1 Å².